The molecule has 2 aromatic carbocycles. The fraction of sp³-hybridized carbons (Fsp3) is 0.370. The molecule has 0 unspecified atom stereocenters. The van der Waals surface area contributed by atoms with Crippen LogP contribution in [0, 0.1) is 0 Å². The molecule has 2 fully saturated rings. The third-order valence-electron chi connectivity index (χ3n) is 7.05. The van der Waals surface area contributed by atoms with Gasteiger partial charge < -0.3 is 19.4 Å². The van der Waals surface area contributed by atoms with E-state index >= 15 is 0 Å². The second-order valence-corrected chi connectivity index (χ2v) is 9.44. The number of hydrogen-bond acceptors (Lipinski definition) is 7. The minimum atomic E-state index is -2.77. The van der Waals surface area contributed by atoms with Gasteiger partial charge in [0.1, 0.15) is 5.82 Å². The van der Waals surface area contributed by atoms with Crippen molar-refractivity contribution in [3.05, 3.63) is 60.4 Å². The second kappa shape index (κ2) is 10.0. The zero-order valence-electron chi connectivity index (χ0n) is 20.7. The Hall–Kier alpha value is -3.63. The van der Waals surface area contributed by atoms with E-state index < -0.39 is 6.43 Å². The van der Waals surface area contributed by atoms with Crippen molar-refractivity contribution in [2.45, 2.75) is 6.43 Å². The number of para-hydroxylation sites is 2. The van der Waals surface area contributed by atoms with E-state index in [4.69, 9.17) is 14.7 Å². The third kappa shape index (κ3) is 4.74. The van der Waals surface area contributed by atoms with Gasteiger partial charge in [-0.3, -0.25) is 4.57 Å². The number of piperazine rings is 1. The molecule has 0 aliphatic carbocycles. The number of rotatable bonds is 5. The van der Waals surface area contributed by atoms with Crippen LogP contribution in [0.5, 0.6) is 0 Å². The van der Waals surface area contributed by atoms with Crippen LogP contribution in [0.1, 0.15) is 12.2 Å². The number of morpholine rings is 1. The molecule has 0 N–H and O–H groups in total. The molecule has 2 aliphatic rings. The predicted molar refractivity (Wildman–Crippen MR) is 140 cm³/mol. The van der Waals surface area contributed by atoms with Gasteiger partial charge in [0.25, 0.3) is 6.43 Å². The Balaban J connectivity index is 1.44. The van der Waals surface area contributed by atoms with Gasteiger partial charge in [-0.2, -0.15) is 4.98 Å². The summed E-state index contributed by atoms with van der Waals surface area (Å²) in [6.45, 7) is 6.55. The van der Waals surface area contributed by atoms with Crippen molar-refractivity contribution in [1.29, 1.82) is 0 Å². The molecule has 37 heavy (non-hydrogen) atoms. The highest BCUT2D eigenvalue weighted by atomic mass is 19.3. The van der Waals surface area contributed by atoms with Crippen molar-refractivity contribution >= 4 is 22.5 Å². The summed E-state index contributed by atoms with van der Waals surface area (Å²) in [6, 6.07) is 17.3. The van der Waals surface area contributed by atoms with Crippen LogP contribution in [0.25, 0.3) is 28.2 Å². The molecule has 0 spiro atoms. The standard InChI is InChI=1S/C27H29F2N7O/c1-33-10-12-34(13-11-33)20-8-6-19(7-9-20)22-18-24(35-14-16-37-17-15-35)32-27(31-22)36-23-5-3-2-4-21(23)30-26(36)25(28)29/h2-9,18,25H,10-17H2,1H3. The van der Waals surface area contributed by atoms with Crippen LogP contribution < -0.4 is 9.80 Å². The molecule has 0 atom stereocenters. The number of benzene rings is 2. The Labute approximate surface area is 214 Å². The summed E-state index contributed by atoms with van der Waals surface area (Å²) in [4.78, 5) is 20.5. The van der Waals surface area contributed by atoms with Crippen molar-refractivity contribution in [3.63, 3.8) is 0 Å². The van der Waals surface area contributed by atoms with Gasteiger partial charge in [-0.1, -0.05) is 24.3 Å². The molecule has 6 rings (SSSR count). The van der Waals surface area contributed by atoms with E-state index in [0.717, 1.165) is 31.7 Å². The molecule has 0 bridgehead atoms. The minimum Gasteiger partial charge on any atom is -0.378 e. The Morgan fingerprint density at radius 1 is 0.811 bits per heavy atom. The van der Waals surface area contributed by atoms with Crippen molar-refractivity contribution in [1.82, 2.24) is 24.4 Å². The molecule has 10 heteroatoms. The van der Waals surface area contributed by atoms with Crippen LogP contribution in [0.3, 0.4) is 0 Å². The molecular weight excluding hydrogens is 476 g/mol. The molecule has 8 nitrogen and oxygen atoms in total. The van der Waals surface area contributed by atoms with E-state index in [1.807, 2.05) is 18.2 Å². The Morgan fingerprint density at radius 2 is 1.54 bits per heavy atom. The summed E-state index contributed by atoms with van der Waals surface area (Å²) in [7, 11) is 2.14. The number of halogens is 2. The van der Waals surface area contributed by atoms with E-state index in [1.54, 1.807) is 24.3 Å². The first-order valence-corrected chi connectivity index (χ1v) is 12.6. The summed E-state index contributed by atoms with van der Waals surface area (Å²) in [5.41, 5.74) is 3.78. The van der Waals surface area contributed by atoms with Crippen LogP contribution in [-0.2, 0) is 4.74 Å². The van der Waals surface area contributed by atoms with E-state index in [2.05, 4.69) is 38.9 Å². The first kappa shape index (κ1) is 23.7. The maximum Gasteiger partial charge on any atom is 0.296 e. The molecule has 2 aliphatic heterocycles. The molecule has 192 valence electrons. The zero-order chi connectivity index (χ0) is 25.4. The topological polar surface area (TPSA) is 62.6 Å². The lowest BCUT2D eigenvalue weighted by atomic mass is 10.1. The first-order chi connectivity index (χ1) is 18.1. The van der Waals surface area contributed by atoms with Gasteiger partial charge in [-0.05, 0) is 31.3 Å². The van der Waals surface area contributed by atoms with Crippen molar-refractivity contribution in [3.8, 4) is 17.2 Å². The van der Waals surface area contributed by atoms with Gasteiger partial charge in [0.15, 0.2) is 5.82 Å². The molecule has 2 aromatic heterocycles. The lowest BCUT2D eigenvalue weighted by Gasteiger charge is -2.34. The monoisotopic (exact) mass is 505 g/mol. The van der Waals surface area contributed by atoms with Crippen LogP contribution in [0.4, 0.5) is 20.3 Å². The minimum absolute atomic E-state index is 0.186. The number of aromatic nitrogens is 4. The van der Waals surface area contributed by atoms with Crippen LogP contribution in [-0.4, -0.2) is 83.9 Å². The molecule has 0 saturated carbocycles. The second-order valence-electron chi connectivity index (χ2n) is 9.44. The number of likely N-dealkylation sites (N-methyl/N-ethyl adjacent to an activating group) is 1. The summed E-state index contributed by atoms with van der Waals surface area (Å²) in [5.74, 6) is 0.507. The Bertz CT molecular complexity index is 1380. The first-order valence-electron chi connectivity index (χ1n) is 12.6. The molecule has 2 saturated heterocycles. The third-order valence-corrected chi connectivity index (χ3v) is 7.05. The Kier molecular flexibility index (Phi) is 6.43. The zero-order valence-corrected chi connectivity index (χ0v) is 20.7. The summed E-state index contributed by atoms with van der Waals surface area (Å²) in [6.07, 6.45) is -2.77. The summed E-state index contributed by atoms with van der Waals surface area (Å²) >= 11 is 0. The SMILES string of the molecule is CN1CCN(c2ccc(-c3cc(N4CCOCC4)nc(-n4c(C(F)F)nc5ccccc54)n3)cc2)CC1. The van der Waals surface area contributed by atoms with E-state index in [1.165, 1.54) is 10.3 Å². The largest absolute Gasteiger partial charge is 0.378 e. The molecule has 4 aromatic rings. The van der Waals surface area contributed by atoms with Gasteiger partial charge >= 0.3 is 0 Å². The number of imidazole rings is 1. The highest BCUT2D eigenvalue weighted by Gasteiger charge is 2.24. The fourth-order valence-electron chi connectivity index (χ4n) is 4.93. The van der Waals surface area contributed by atoms with Crippen molar-refractivity contribution in [2.75, 3.05) is 69.3 Å². The normalized spacial score (nSPS) is 17.2. The average Bonchev–Trinajstić information content (AvgIpc) is 3.34. The van der Waals surface area contributed by atoms with Crippen LogP contribution in [0.2, 0.25) is 0 Å². The number of ether oxygens (including phenoxy) is 1. The smallest absolute Gasteiger partial charge is 0.296 e. The number of alkyl halides is 2. The molecule has 4 heterocycles. The number of anilines is 2. The summed E-state index contributed by atoms with van der Waals surface area (Å²) in [5, 5.41) is 0. The van der Waals surface area contributed by atoms with Crippen molar-refractivity contribution < 1.29 is 13.5 Å². The highest BCUT2D eigenvalue weighted by molar-refractivity contribution is 5.78. The molecule has 0 amide bonds. The summed E-state index contributed by atoms with van der Waals surface area (Å²) < 4.78 is 35.1. The van der Waals surface area contributed by atoms with E-state index in [-0.39, 0.29) is 11.8 Å². The Morgan fingerprint density at radius 3 is 2.27 bits per heavy atom. The van der Waals surface area contributed by atoms with Gasteiger partial charge in [0.2, 0.25) is 5.95 Å². The van der Waals surface area contributed by atoms with E-state index in [9.17, 15) is 8.78 Å². The maximum atomic E-state index is 14.1. The fourth-order valence-corrected chi connectivity index (χ4v) is 4.93. The molecule has 0 radical (unpaired) electrons. The number of hydrogen-bond donors (Lipinski definition) is 0. The maximum absolute atomic E-state index is 14.1. The van der Waals surface area contributed by atoms with Gasteiger partial charge in [-0.15, -0.1) is 0 Å². The predicted octanol–water partition coefficient (Wildman–Crippen LogP) is 4.01. The lowest BCUT2D eigenvalue weighted by molar-refractivity contribution is 0.122. The quantitative estimate of drug-likeness (QED) is 0.406. The van der Waals surface area contributed by atoms with Gasteiger partial charge in [-0.25, -0.2) is 18.7 Å². The average molecular weight is 506 g/mol. The van der Waals surface area contributed by atoms with Gasteiger partial charge in [0.05, 0.1) is 29.9 Å². The number of fused-ring (bicyclic) bond motifs is 1. The lowest BCUT2D eigenvalue weighted by Crippen LogP contribution is -2.44. The number of nitrogens with zero attached hydrogens (tertiary/aromatic N) is 7. The molecular formula is C27H29F2N7O. The van der Waals surface area contributed by atoms with Crippen molar-refractivity contribution in [2.24, 2.45) is 0 Å². The van der Waals surface area contributed by atoms with Gasteiger partial charge in [0, 0.05) is 56.6 Å². The van der Waals surface area contributed by atoms with Crippen LogP contribution >= 0.6 is 0 Å². The van der Waals surface area contributed by atoms with Crippen LogP contribution in [0.15, 0.2) is 54.6 Å². The van der Waals surface area contributed by atoms with E-state index in [0.29, 0.717) is 48.8 Å². The highest BCUT2D eigenvalue weighted by Crippen LogP contribution is 2.30.